The highest BCUT2D eigenvalue weighted by molar-refractivity contribution is 7.87. The van der Waals surface area contributed by atoms with Crippen LogP contribution in [0, 0.1) is 5.92 Å². The molecule has 0 aromatic heterocycles. The Balaban J connectivity index is 2.24. The van der Waals surface area contributed by atoms with Crippen LogP contribution in [-0.2, 0) is 10.2 Å². The van der Waals surface area contributed by atoms with Crippen molar-refractivity contribution < 1.29 is 8.42 Å². The predicted molar refractivity (Wildman–Crippen MR) is 70.1 cm³/mol. The number of hydrogen-bond donors (Lipinski definition) is 2. The van der Waals surface area contributed by atoms with Gasteiger partial charge in [-0.25, -0.2) is 4.72 Å². The van der Waals surface area contributed by atoms with Crippen LogP contribution in [0.3, 0.4) is 0 Å². The zero-order valence-corrected chi connectivity index (χ0v) is 11.7. The molecule has 17 heavy (non-hydrogen) atoms. The van der Waals surface area contributed by atoms with E-state index in [2.05, 4.69) is 10.0 Å². The molecule has 1 atom stereocenters. The van der Waals surface area contributed by atoms with Gasteiger partial charge in [0.1, 0.15) is 0 Å². The molecule has 0 radical (unpaired) electrons. The number of nitrogens with zero attached hydrogens (tertiary/aromatic N) is 1. The summed E-state index contributed by atoms with van der Waals surface area (Å²) in [4.78, 5) is 0. The van der Waals surface area contributed by atoms with E-state index in [0.29, 0.717) is 19.0 Å². The van der Waals surface area contributed by atoms with E-state index in [1.54, 1.807) is 7.05 Å². The lowest BCUT2D eigenvalue weighted by atomic mass is 9.96. The lowest BCUT2D eigenvalue weighted by molar-refractivity contribution is 0.356. The summed E-state index contributed by atoms with van der Waals surface area (Å²) in [6, 6.07) is 0. The first-order valence-corrected chi connectivity index (χ1v) is 7.92. The van der Waals surface area contributed by atoms with E-state index in [-0.39, 0.29) is 0 Å². The molecule has 1 unspecified atom stereocenters. The highest BCUT2D eigenvalue weighted by atomic mass is 32.2. The second-order valence-electron chi connectivity index (χ2n) is 4.72. The number of nitrogens with one attached hydrogen (secondary N) is 2. The van der Waals surface area contributed by atoms with Gasteiger partial charge < -0.3 is 5.32 Å². The molecule has 5 nitrogen and oxygen atoms in total. The molecule has 0 bridgehead atoms. The average molecular weight is 263 g/mol. The van der Waals surface area contributed by atoms with Crippen molar-refractivity contribution in [3.63, 3.8) is 0 Å². The third-order valence-electron chi connectivity index (χ3n) is 3.18. The van der Waals surface area contributed by atoms with Crippen molar-refractivity contribution >= 4 is 10.2 Å². The predicted octanol–water partition coefficient (Wildman–Crippen LogP) is 0.552. The van der Waals surface area contributed by atoms with Crippen LogP contribution in [0.2, 0.25) is 0 Å². The molecule has 0 amide bonds. The Hall–Kier alpha value is -0.170. The van der Waals surface area contributed by atoms with Gasteiger partial charge in [0.2, 0.25) is 0 Å². The molecule has 102 valence electrons. The van der Waals surface area contributed by atoms with Gasteiger partial charge in [-0.15, -0.1) is 0 Å². The topological polar surface area (TPSA) is 61.4 Å². The Morgan fingerprint density at radius 3 is 2.82 bits per heavy atom. The summed E-state index contributed by atoms with van der Waals surface area (Å²) < 4.78 is 27.6. The molecule has 1 rings (SSSR count). The Bertz CT molecular complexity index is 300. The minimum absolute atomic E-state index is 0.544. The first-order valence-electron chi connectivity index (χ1n) is 6.48. The maximum Gasteiger partial charge on any atom is 0.279 e. The second kappa shape index (κ2) is 7.31. The number of hydrogen-bond acceptors (Lipinski definition) is 3. The maximum atomic E-state index is 11.8. The van der Waals surface area contributed by atoms with Crippen LogP contribution in [-0.4, -0.2) is 45.9 Å². The van der Waals surface area contributed by atoms with Crippen LogP contribution >= 0.6 is 0 Å². The van der Waals surface area contributed by atoms with Crippen molar-refractivity contribution in [3.8, 4) is 0 Å². The third kappa shape index (κ3) is 5.33. The van der Waals surface area contributed by atoms with Gasteiger partial charge in [-0.2, -0.15) is 12.7 Å². The van der Waals surface area contributed by atoms with Gasteiger partial charge in [0.05, 0.1) is 0 Å². The lowest BCUT2D eigenvalue weighted by Crippen LogP contribution is -2.40. The molecule has 1 saturated heterocycles. The van der Waals surface area contributed by atoms with Gasteiger partial charge in [0, 0.05) is 20.1 Å². The molecule has 6 heteroatoms. The molecule has 2 N–H and O–H groups in total. The van der Waals surface area contributed by atoms with Crippen LogP contribution < -0.4 is 10.0 Å². The fraction of sp³-hybridized carbons (Fsp3) is 1.00. The summed E-state index contributed by atoms with van der Waals surface area (Å²) in [6.45, 7) is 5.21. The minimum Gasteiger partial charge on any atom is -0.316 e. The Labute approximate surface area is 105 Å². The van der Waals surface area contributed by atoms with Crippen molar-refractivity contribution in [1.29, 1.82) is 0 Å². The largest absolute Gasteiger partial charge is 0.316 e. The minimum atomic E-state index is -3.26. The fourth-order valence-corrected chi connectivity index (χ4v) is 3.13. The van der Waals surface area contributed by atoms with E-state index in [1.165, 1.54) is 17.1 Å². The van der Waals surface area contributed by atoms with E-state index in [4.69, 9.17) is 0 Å². The summed E-state index contributed by atoms with van der Waals surface area (Å²) in [7, 11) is -1.64. The molecule has 0 aromatic rings. The van der Waals surface area contributed by atoms with Gasteiger partial charge in [0.15, 0.2) is 0 Å². The van der Waals surface area contributed by atoms with Crippen molar-refractivity contribution in [1.82, 2.24) is 14.3 Å². The van der Waals surface area contributed by atoms with Gasteiger partial charge in [-0.3, -0.25) is 0 Å². The monoisotopic (exact) mass is 263 g/mol. The molecule has 1 fully saturated rings. The molecule has 0 saturated carbocycles. The Morgan fingerprint density at radius 2 is 2.24 bits per heavy atom. The molecule has 1 heterocycles. The van der Waals surface area contributed by atoms with Gasteiger partial charge in [-0.05, 0) is 44.7 Å². The SMILES string of the molecule is CCCN(C)S(=O)(=O)NCCC1CCCNC1. The van der Waals surface area contributed by atoms with E-state index >= 15 is 0 Å². The van der Waals surface area contributed by atoms with Crippen LogP contribution in [0.1, 0.15) is 32.6 Å². The molecule has 0 spiro atoms. The normalized spacial score (nSPS) is 21.9. The van der Waals surface area contributed by atoms with E-state index in [1.807, 2.05) is 6.92 Å². The second-order valence-corrected chi connectivity index (χ2v) is 6.58. The fourth-order valence-electron chi connectivity index (χ4n) is 2.11. The molecular formula is C11H25N3O2S. The number of piperidine rings is 1. The van der Waals surface area contributed by atoms with E-state index in [0.717, 1.165) is 25.9 Å². The quantitative estimate of drug-likeness (QED) is 0.705. The molecule has 0 aromatic carbocycles. The Morgan fingerprint density at radius 1 is 1.47 bits per heavy atom. The van der Waals surface area contributed by atoms with Crippen molar-refractivity contribution in [2.24, 2.45) is 5.92 Å². The van der Waals surface area contributed by atoms with Gasteiger partial charge in [0.25, 0.3) is 10.2 Å². The van der Waals surface area contributed by atoms with Crippen molar-refractivity contribution in [2.45, 2.75) is 32.6 Å². The lowest BCUT2D eigenvalue weighted by Gasteiger charge is -2.23. The van der Waals surface area contributed by atoms with Gasteiger partial charge in [-0.1, -0.05) is 6.92 Å². The van der Waals surface area contributed by atoms with E-state index < -0.39 is 10.2 Å². The van der Waals surface area contributed by atoms with Crippen molar-refractivity contribution in [2.75, 3.05) is 33.2 Å². The summed E-state index contributed by atoms with van der Waals surface area (Å²) in [5.41, 5.74) is 0. The molecule has 0 aliphatic carbocycles. The van der Waals surface area contributed by atoms with Gasteiger partial charge >= 0.3 is 0 Å². The third-order valence-corrected chi connectivity index (χ3v) is 4.76. The summed E-state index contributed by atoms with van der Waals surface area (Å²) >= 11 is 0. The zero-order valence-electron chi connectivity index (χ0n) is 10.9. The van der Waals surface area contributed by atoms with Crippen LogP contribution in [0.4, 0.5) is 0 Å². The standard InChI is InChI=1S/C11H25N3O2S/c1-3-9-14(2)17(15,16)13-8-6-11-5-4-7-12-10-11/h11-13H,3-10H2,1-2H3. The average Bonchev–Trinajstić information content (AvgIpc) is 2.30. The van der Waals surface area contributed by atoms with Crippen LogP contribution in [0.15, 0.2) is 0 Å². The summed E-state index contributed by atoms with van der Waals surface area (Å²) in [6.07, 6.45) is 4.17. The highest BCUT2D eigenvalue weighted by Crippen LogP contribution is 2.13. The summed E-state index contributed by atoms with van der Waals surface area (Å²) in [5, 5.41) is 3.34. The maximum absolute atomic E-state index is 11.8. The van der Waals surface area contributed by atoms with E-state index in [9.17, 15) is 8.42 Å². The molecule has 1 aliphatic rings. The Kier molecular flexibility index (Phi) is 6.40. The molecule has 1 aliphatic heterocycles. The number of rotatable bonds is 7. The smallest absolute Gasteiger partial charge is 0.279 e. The van der Waals surface area contributed by atoms with Crippen molar-refractivity contribution in [3.05, 3.63) is 0 Å². The van der Waals surface area contributed by atoms with Crippen LogP contribution in [0.5, 0.6) is 0 Å². The zero-order chi connectivity index (χ0) is 12.7. The first-order chi connectivity index (χ1) is 8.06. The molecular weight excluding hydrogens is 238 g/mol. The highest BCUT2D eigenvalue weighted by Gasteiger charge is 2.17. The summed E-state index contributed by atoms with van der Waals surface area (Å²) in [5.74, 6) is 0.614. The first kappa shape index (κ1) is 14.9. The van der Waals surface area contributed by atoms with Crippen LogP contribution in [0.25, 0.3) is 0 Å².